The van der Waals surface area contributed by atoms with Crippen molar-refractivity contribution < 1.29 is 14.3 Å². The molecule has 0 spiro atoms. The van der Waals surface area contributed by atoms with Gasteiger partial charge in [-0.05, 0) is 18.6 Å². The average Bonchev–Trinajstić information content (AvgIpc) is 2.35. The highest BCUT2D eigenvalue weighted by atomic mass is 16.5. The molecule has 0 unspecified atom stereocenters. The quantitative estimate of drug-likeness (QED) is 0.589. The van der Waals surface area contributed by atoms with E-state index in [2.05, 4.69) is 0 Å². The number of benzene rings is 1. The van der Waals surface area contributed by atoms with E-state index in [1.54, 1.807) is 30.4 Å². The minimum absolute atomic E-state index is 0.117. The molecule has 0 bridgehead atoms. The molecule has 0 fully saturated rings. The Morgan fingerprint density at radius 3 is 2.71 bits per heavy atom. The summed E-state index contributed by atoms with van der Waals surface area (Å²) < 4.78 is 5.27. The Kier molecular flexibility index (Phi) is 3.19. The van der Waals surface area contributed by atoms with Crippen molar-refractivity contribution in [3.8, 4) is 0 Å². The molecule has 0 amide bonds. The molecular formula is C14H12O3. The van der Waals surface area contributed by atoms with Gasteiger partial charge in [0.25, 0.3) is 5.78 Å². The lowest BCUT2D eigenvalue weighted by Crippen LogP contribution is -2.22. The first kappa shape index (κ1) is 11.3. The van der Waals surface area contributed by atoms with Crippen LogP contribution in [0.5, 0.6) is 0 Å². The molecule has 3 nitrogen and oxygen atoms in total. The van der Waals surface area contributed by atoms with E-state index in [4.69, 9.17) is 4.74 Å². The molecule has 3 heteroatoms. The largest absolute Gasteiger partial charge is 0.485 e. The molecule has 0 radical (unpaired) electrons. The first-order valence-corrected chi connectivity index (χ1v) is 5.37. The third-order valence-corrected chi connectivity index (χ3v) is 2.49. The van der Waals surface area contributed by atoms with Gasteiger partial charge in [-0.3, -0.25) is 9.59 Å². The van der Waals surface area contributed by atoms with Gasteiger partial charge < -0.3 is 4.74 Å². The predicted molar refractivity (Wildman–Crippen MR) is 64.5 cm³/mol. The van der Waals surface area contributed by atoms with E-state index in [1.165, 1.54) is 0 Å². The number of ether oxygens (including phenoxy) is 1. The van der Waals surface area contributed by atoms with Gasteiger partial charge in [0.15, 0.2) is 5.76 Å². The fourth-order valence-corrected chi connectivity index (χ4v) is 1.61. The first-order chi connectivity index (χ1) is 8.24. The van der Waals surface area contributed by atoms with E-state index in [-0.39, 0.29) is 5.76 Å². The number of carbonyl (C=O) groups excluding carboxylic acids is 2. The molecule has 86 valence electrons. The average molecular weight is 228 g/mol. The molecule has 2 rings (SSSR count). The zero-order chi connectivity index (χ0) is 12.3. The van der Waals surface area contributed by atoms with Crippen molar-refractivity contribution in [1.29, 1.82) is 0 Å². The van der Waals surface area contributed by atoms with Gasteiger partial charge in [0.05, 0.1) is 0 Å². The summed E-state index contributed by atoms with van der Waals surface area (Å²) >= 11 is 0. The number of Topliss-reactive ketones (excluding diaryl/α,β-unsaturated/α-hetero) is 2. The minimum Gasteiger partial charge on any atom is -0.485 e. The maximum Gasteiger partial charge on any atom is 0.268 e. The van der Waals surface area contributed by atoms with Crippen molar-refractivity contribution in [2.75, 3.05) is 6.61 Å². The number of hydrogen-bond donors (Lipinski definition) is 0. The molecular weight excluding hydrogens is 216 g/mol. The molecule has 0 saturated carbocycles. The van der Waals surface area contributed by atoms with Crippen molar-refractivity contribution >= 4 is 17.6 Å². The third kappa shape index (κ3) is 2.18. The zero-order valence-electron chi connectivity index (χ0n) is 9.47. The van der Waals surface area contributed by atoms with Gasteiger partial charge in [0.2, 0.25) is 5.78 Å². The second-order valence-corrected chi connectivity index (χ2v) is 3.63. The van der Waals surface area contributed by atoms with Crippen LogP contribution in [0, 0.1) is 0 Å². The van der Waals surface area contributed by atoms with Crippen molar-refractivity contribution in [3.63, 3.8) is 0 Å². The zero-order valence-corrected chi connectivity index (χ0v) is 9.47. The predicted octanol–water partition coefficient (Wildman–Crippen LogP) is 2.39. The van der Waals surface area contributed by atoms with Crippen LogP contribution in [0.3, 0.4) is 0 Å². The van der Waals surface area contributed by atoms with Gasteiger partial charge in [-0.15, -0.1) is 0 Å². The molecule has 1 aliphatic rings. The van der Waals surface area contributed by atoms with Crippen LogP contribution < -0.4 is 0 Å². The lowest BCUT2D eigenvalue weighted by Gasteiger charge is -2.14. The van der Waals surface area contributed by atoms with E-state index < -0.39 is 11.6 Å². The lowest BCUT2D eigenvalue weighted by molar-refractivity contribution is -0.114. The normalized spacial score (nSPS) is 14.8. The van der Waals surface area contributed by atoms with Crippen molar-refractivity contribution in [3.05, 3.63) is 53.3 Å². The number of hydrogen-bond acceptors (Lipinski definition) is 3. The number of ketones is 2. The van der Waals surface area contributed by atoms with Crippen LogP contribution in [0.25, 0.3) is 6.08 Å². The van der Waals surface area contributed by atoms with Gasteiger partial charge in [0.1, 0.15) is 6.61 Å². The minimum atomic E-state index is -0.576. The van der Waals surface area contributed by atoms with Crippen LogP contribution in [0.4, 0.5) is 0 Å². The Hall–Kier alpha value is -2.16. The van der Waals surface area contributed by atoms with Crippen molar-refractivity contribution in [1.82, 2.24) is 0 Å². The summed E-state index contributed by atoms with van der Waals surface area (Å²) in [6.45, 7) is 2.16. The molecule has 0 heterocycles. The van der Waals surface area contributed by atoms with Crippen LogP contribution in [0.2, 0.25) is 0 Å². The van der Waals surface area contributed by atoms with Crippen molar-refractivity contribution in [2.45, 2.75) is 6.92 Å². The molecule has 17 heavy (non-hydrogen) atoms. The second kappa shape index (κ2) is 4.78. The Labute approximate surface area is 99.4 Å². The summed E-state index contributed by atoms with van der Waals surface area (Å²) in [5.74, 6) is -0.960. The molecule has 1 aromatic rings. The maximum atomic E-state index is 11.8. The monoisotopic (exact) mass is 228 g/mol. The van der Waals surface area contributed by atoms with Crippen LogP contribution >= 0.6 is 0 Å². The first-order valence-electron chi connectivity index (χ1n) is 5.37. The summed E-state index contributed by atoms with van der Waals surface area (Å²) in [5, 5.41) is 0. The summed E-state index contributed by atoms with van der Waals surface area (Å²) in [6, 6.07) is 7.00. The molecule has 0 saturated heterocycles. The van der Waals surface area contributed by atoms with Crippen molar-refractivity contribution in [2.24, 2.45) is 0 Å². The van der Waals surface area contributed by atoms with Gasteiger partial charge >= 0.3 is 0 Å². The topological polar surface area (TPSA) is 43.4 Å². The van der Waals surface area contributed by atoms with Gasteiger partial charge in [-0.25, -0.2) is 0 Å². The van der Waals surface area contributed by atoms with Gasteiger partial charge in [-0.1, -0.05) is 36.4 Å². The number of allylic oxidation sites excluding steroid dienone is 2. The van der Waals surface area contributed by atoms with E-state index in [1.807, 2.05) is 19.1 Å². The molecule has 0 atom stereocenters. The van der Waals surface area contributed by atoms with Gasteiger partial charge in [0, 0.05) is 5.56 Å². The highest BCUT2D eigenvalue weighted by Gasteiger charge is 2.28. The fraction of sp³-hybridized carbons (Fsp3) is 0.143. The number of fused-ring (bicyclic) bond motifs is 1. The Bertz CT molecular complexity index is 524. The molecule has 0 aliphatic heterocycles. The standard InChI is InChI=1S/C14H12O3/c1-2-3-8-17-12-9-10-6-4-5-7-11(10)13(15)14(12)16/h2-7,9H,8H2,1H3. The number of carbonyl (C=O) groups is 2. The summed E-state index contributed by atoms with van der Waals surface area (Å²) in [6.07, 6.45) is 5.21. The van der Waals surface area contributed by atoms with E-state index in [0.717, 1.165) is 5.56 Å². The Morgan fingerprint density at radius 2 is 1.94 bits per heavy atom. The second-order valence-electron chi connectivity index (χ2n) is 3.63. The van der Waals surface area contributed by atoms with Crippen LogP contribution in [0.1, 0.15) is 22.8 Å². The third-order valence-electron chi connectivity index (χ3n) is 2.49. The summed E-state index contributed by atoms with van der Waals surface area (Å²) in [4.78, 5) is 23.5. The van der Waals surface area contributed by atoms with Crippen LogP contribution in [0.15, 0.2) is 42.2 Å². The summed E-state index contributed by atoms with van der Waals surface area (Å²) in [5.41, 5.74) is 1.17. The van der Waals surface area contributed by atoms with Crippen LogP contribution in [-0.2, 0) is 9.53 Å². The number of rotatable bonds is 3. The molecule has 0 N–H and O–H groups in total. The lowest BCUT2D eigenvalue weighted by atomic mass is 9.94. The van der Waals surface area contributed by atoms with Gasteiger partial charge in [-0.2, -0.15) is 0 Å². The smallest absolute Gasteiger partial charge is 0.268 e. The van der Waals surface area contributed by atoms with E-state index in [9.17, 15) is 9.59 Å². The van der Waals surface area contributed by atoms with Crippen LogP contribution in [-0.4, -0.2) is 18.2 Å². The highest BCUT2D eigenvalue weighted by molar-refractivity contribution is 6.51. The SMILES string of the molecule is CC=CCOC1=Cc2ccccc2C(=O)C1=O. The Morgan fingerprint density at radius 1 is 1.18 bits per heavy atom. The van der Waals surface area contributed by atoms with E-state index in [0.29, 0.717) is 12.2 Å². The van der Waals surface area contributed by atoms with E-state index >= 15 is 0 Å². The molecule has 1 aromatic carbocycles. The molecule has 0 aromatic heterocycles. The molecule has 1 aliphatic carbocycles. The fourth-order valence-electron chi connectivity index (χ4n) is 1.61. The maximum absolute atomic E-state index is 11.8. The highest BCUT2D eigenvalue weighted by Crippen LogP contribution is 2.22. The Balaban J connectivity index is 2.32. The summed E-state index contributed by atoms with van der Waals surface area (Å²) in [7, 11) is 0.